The zero-order chi connectivity index (χ0) is 9.03. The summed E-state index contributed by atoms with van der Waals surface area (Å²) in [4.78, 5) is 0. The van der Waals surface area contributed by atoms with Gasteiger partial charge in [-0.05, 0) is 0 Å². The van der Waals surface area contributed by atoms with Gasteiger partial charge in [0.1, 0.15) is 0 Å². The predicted octanol–water partition coefficient (Wildman–Crippen LogP) is -4.90. The second-order valence-electron chi connectivity index (χ2n) is 2.37. The van der Waals surface area contributed by atoms with Gasteiger partial charge in [-0.3, -0.25) is 6.08 Å². The quantitative estimate of drug-likeness (QED) is 0.377. The van der Waals surface area contributed by atoms with Crippen LogP contribution in [0.2, 0.25) is 0 Å². The molecule has 0 aromatic rings. The SMILES string of the molecule is CO[Si](OC)(OC)C1=[C-]CC=C1.[Cl-].[Cl-].[Zr+3]. The van der Waals surface area contributed by atoms with Crippen LogP contribution in [0.25, 0.3) is 0 Å². The standard InChI is InChI=1S/C8H13O3Si.2ClH.Zr/c1-9-12(10-2,11-3)8-6-4-5-7-8;;;/h4,6H,5H2,1-3H3;2*1H;/q-1;;;+3/p-2. The first kappa shape index (κ1) is 21.3. The van der Waals surface area contributed by atoms with Gasteiger partial charge in [0.05, 0.1) is 0 Å². The second-order valence-corrected chi connectivity index (χ2v) is 5.24. The molecule has 0 fully saturated rings. The van der Waals surface area contributed by atoms with Gasteiger partial charge in [0, 0.05) is 21.3 Å². The van der Waals surface area contributed by atoms with Gasteiger partial charge >= 0.3 is 35.0 Å². The van der Waals surface area contributed by atoms with E-state index >= 15 is 0 Å². The molecule has 0 atom stereocenters. The Balaban J connectivity index is -0.000000480. The Morgan fingerprint density at radius 2 is 1.60 bits per heavy atom. The number of rotatable bonds is 4. The Kier molecular flexibility index (Phi) is 14.5. The molecule has 0 aromatic heterocycles. The maximum atomic E-state index is 5.26. The van der Waals surface area contributed by atoms with Crippen molar-refractivity contribution in [3.63, 3.8) is 0 Å². The van der Waals surface area contributed by atoms with Crippen molar-refractivity contribution in [3.8, 4) is 0 Å². The number of hydrogen-bond donors (Lipinski definition) is 0. The Hall–Kier alpha value is 1.04. The topological polar surface area (TPSA) is 27.7 Å². The number of allylic oxidation sites excluding steroid dienone is 4. The van der Waals surface area contributed by atoms with Crippen LogP contribution < -0.4 is 24.8 Å². The average molecular weight is 347 g/mol. The molecule has 1 aliphatic carbocycles. The Morgan fingerprint density at radius 1 is 1.13 bits per heavy atom. The molecule has 0 heterocycles. The fourth-order valence-electron chi connectivity index (χ4n) is 1.19. The van der Waals surface area contributed by atoms with E-state index in [1.807, 2.05) is 12.2 Å². The first-order valence-corrected chi connectivity index (χ1v) is 5.45. The summed E-state index contributed by atoms with van der Waals surface area (Å²) in [5.74, 6) is 0. The fourth-order valence-corrected chi connectivity index (χ4v) is 3.00. The van der Waals surface area contributed by atoms with Crippen molar-refractivity contribution in [2.75, 3.05) is 21.3 Å². The summed E-state index contributed by atoms with van der Waals surface area (Å²) in [6, 6.07) is 0. The fraction of sp³-hybridized carbons (Fsp3) is 0.500. The minimum atomic E-state index is -2.57. The van der Waals surface area contributed by atoms with Gasteiger partial charge in [0.2, 0.25) is 0 Å². The van der Waals surface area contributed by atoms with Gasteiger partial charge in [-0.2, -0.15) is 11.3 Å². The Morgan fingerprint density at radius 3 is 1.87 bits per heavy atom. The van der Waals surface area contributed by atoms with Gasteiger partial charge in [-0.15, -0.1) is 6.42 Å². The molecule has 0 aromatic carbocycles. The maximum Gasteiger partial charge on any atom is 3.00 e. The zero-order valence-electron chi connectivity index (χ0n) is 8.84. The van der Waals surface area contributed by atoms with Crippen LogP contribution in [-0.4, -0.2) is 30.1 Å². The van der Waals surface area contributed by atoms with Crippen molar-refractivity contribution in [3.05, 3.63) is 23.4 Å². The molecule has 0 unspecified atom stereocenters. The van der Waals surface area contributed by atoms with Crippen molar-refractivity contribution in [2.45, 2.75) is 6.42 Å². The van der Waals surface area contributed by atoms with Crippen LogP contribution in [0.5, 0.6) is 0 Å². The summed E-state index contributed by atoms with van der Waals surface area (Å²) in [5.41, 5.74) is 0. The molecule has 3 nitrogen and oxygen atoms in total. The largest absolute Gasteiger partial charge is 3.00 e. The van der Waals surface area contributed by atoms with Gasteiger partial charge in [-0.1, -0.05) is 0 Å². The smallest absolute Gasteiger partial charge is 1.00 e. The van der Waals surface area contributed by atoms with E-state index in [9.17, 15) is 0 Å². The summed E-state index contributed by atoms with van der Waals surface area (Å²) in [5, 5.41) is 0.926. The summed E-state index contributed by atoms with van der Waals surface area (Å²) in [6.07, 6.45) is 7.92. The third-order valence-electron chi connectivity index (χ3n) is 1.83. The molecule has 0 aliphatic heterocycles. The van der Waals surface area contributed by atoms with E-state index in [4.69, 9.17) is 13.3 Å². The van der Waals surface area contributed by atoms with Crippen molar-refractivity contribution in [1.29, 1.82) is 0 Å². The zero-order valence-corrected chi connectivity index (χ0v) is 13.8. The molecule has 0 saturated heterocycles. The van der Waals surface area contributed by atoms with Gasteiger partial charge in [0.25, 0.3) is 0 Å². The van der Waals surface area contributed by atoms with Gasteiger partial charge in [0.15, 0.2) is 0 Å². The number of halogens is 2. The second kappa shape index (κ2) is 10.2. The molecular weight excluding hydrogens is 334 g/mol. The van der Waals surface area contributed by atoms with E-state index in [1.165, 1.54) is 0 Å². The van der Waals surface area contributed by atoms with E-state index < -0.39 is 8.80 Å². The normalized spacial score (nSPS) is 13.4. The third kappa shape index (κ3) is 4.82. The first-order valence-electron chi connectivity index (χ1n) is 3.72. The van der Waals surface area contributed by atoms with Gasteiger partial charge < -0.3 is 38.1 Å². The Bertz CT molecular complexity index is 212. The molecule has 1 rings (SSSR count). The van der Waals surface area contributed by atoms with E-state index in [0.29, 0.717) is 0 Å². The maximum absolute atomic E-state index is 5.26. The van der Waals surface area contributed by atoms with Crippen molar-refractivity contribution >= 4 is 8.80 Å². The molecule has 0 bridgehead atoms. The number of hydrogen-bond acceptors (Lipinski definition) is 3. The molecular formula is C8H13Cl2O3SiZr. The van der Waals surface area contributed by atoms with E-state index in [0.717, 1.165) is 11.6 Å². The van der Waals surface area contributed by atoms with Crippen LogP contribution in [0.4, 0.5) is 0 Å². The monoisotopic (exact) mass is 345 g/mol. The van der Waals surface area contributed by atoms with E-state index in [-0.39, 0.29) is 51.0 Å². The van der Waals surface area contributed by atoms with Crippen LogP contribution in [-0.2, 0) is 39.5 Å². The minimum absolute atomic E-state index is 0. The molecule has 0 spiro atoms. The molecule has 85 valence electrons. The van der Waals surface area contributed by atoms with Crippen LogP contribution in [0.1, 0.15) is 6.42 Å². The van der Waals surface area contributed by atoms with Crippen LogP contribution in [0, 0.1) is 6.08 Å². The molecule has 0 amide bonds. The average Bonchev–Trinajstić information content (AvgIpc) is 2.62. The third-order valence-corrected chi connectivity index (χ3v) is 4.45. The Labute approximate surface area is 124 Å². The van der Waals surface area contributed by atoms with Crippen molar-refractivity contribution in [1.82, 2.24) is 0 Å². The molecule has 1 aliphatic rings. The summed E-state index contributed by atoms with van der Waals surface area (Å²) in [6.45, 7) is 0. The molecule has 7 heteroatoms. The van der Waals surface area contributed by atoms with E-state index in [2.05, 4.69) is 6.08 Å². The van der Waals surface area contributed by atoms with Gasteiger partial charge in [-0.25, -0.2) is 6.08 Å². The van der Waals surface area contributed by atoms with Crippen molar-refractivity contribution < 1.29 is 64.3 Å². The molecule has 15 heavy (non-hydrogen) atoms. The summed E-state index contributed by atoms with van der Waals surface area (Å²) in [7, 11) is 2.23. The molecule has 0 N–H and O–H groups in total. The molecule has 0 saturated carbocycles. The minimum Gasteiger partial charge on any atom is -1.00 e. The van der Waals surface area contributed by atoms with Crippen LogP contribution >= 0.6 is 0 Å². The predicted molar refractivity (Wildman–Crippen MR) is 47.3 cm³/mol. The summed E-state index contributed by atoms with van der Waals surface area (Å²) >= 11 is 0. The van der Waals surface area contributed by atoms with Crippen molar-refractivity contribution in [2.24, 2.45) is 0 Å². The van der Waals surface area contributed by atoms with Crippen LogP contribution in [0.3, 0.4) is 0 Å². The van der Waals surface area contributed by atoms with Crippen LogP contribution in [0.15, 0.2) is 17.3 Å². The summed E-state index contributed by atoms with van der Waals surface area (Å²) < 4.78 is 15.8. The molecule has 1 radical (unpaired) electrons. The van der Waals surface area contributed by atoms with E-state index in [1.54, 1.807) is 21.3 Å². The first-order chi connectivity index (χ1) is 5.79.